The minimum absolute atomic E-state index is 0. The number of benzene rings is 1. The number of ether oxygens (including phenoxy) is 2. The van der Waals surface area contributed by atoms with Gasteiger partial charge in [0.2, 0.25) is 0 Å². The van der Waals surface area contributed by atoms with Crippen molar-refractivity contribution in [1.82, 2.24) is 0 Å². The highest BCUT2D eigenvalue weighted by Gasteiger charge is 2.32. The molecule has 4 nitrogen and oxygen atoms in total. The van der Waals surface area contributed by atoms with Crippen LogP contribution in [-0.4, -0.2) is 20.2 Å². The molecule has 8 heteroatoms. The Labute approximate surface area is 114 Å². The highest BCUT2D eigenvalue weighted by atomic mass is 35.5. The second-order valence-electron chi connectivity index (χ2n) is 3.46. The van der Waals surface area contributed by atoms with Crippen molar-refractivity contribution in [2.75, 3.05) is 14.2 Å². The lowest BCUT2D eigenvalue weighted by Crippen LogP contribution is -2.23. The quantitative estimate of drug-likeness (QED) is 0.870. The van der Waals surface area contributed by atoms with Crippen molar-refractivity contribution < 1.29 is 27.4 Å². The Morgan fingerprint density at radius 1 is 1.32 bits per heavy atom. The van der Waals surface area contributed by atoms with Crippen molar-refractivity contribution >= 4 is 18.4 Å². The summed E-state index contributed by atoms with van der Waals surface area (Å²) in [5, 5.41) is 0. The van der Waals surface area contributed by atoms with E-state index in [4.69, 9.17) is 10.5 Å². The van der Waals surface area contributed by atoms with Gasteiger partial charge in [0, 0.05) is 5.56 Å². The fourth-order valence-corrected chi connectivity index (χ4v) is 1.40. The van der Waals surface area contributed by atoms with Crippen LogP contribution in [0.4, 0.5) is 13.2 Å². The molecule has 108 valence electrons. The molecule has 0 bridgehead atoms. The fourth-order valence-electron chi connectivity index (χ4n) is 1.40. The Kier molecular flexibility index (Phi) is 6.11. The van der Waals surface area contributed by atoms with Crippen molar-refractivity contribution in [3.8, 4) is 5.75 Å². The highest BCUT2D eigenvalue weighted by molar-refractivity contribution is 5.85. The molecule has 0 radical (unpaired) electrons. The van der Waals surface area contributed by atoms with E-state index in [1.807, 2.05) is 0 Å². The number of carbonyl (C=O) groups excluding carboxylic acids is 1. The van der Waals surface area contributed by atoms with Gasteiger partial charge >= 0.3 is 12.1 Å². The zero-order valence-corrected chi connectivity index (χ0v) is 11.0. The predicted octanol–water partition coefficient (Wildman–Crippen LogP) is 2.31. The largest absolute Gasteiger partial charge is 0.496 e. The first-order valence-electron chi connectivity index (χ1n) is 4.89. The van der Waals surface area contributed by atoms with Crippen LogP contribution in [0.2, 0.25) is 0 Å². The van der Waals surface area contributed by atoms with E-state index >= 15 is 0 Å². The van der Waals surface area contributed by atoms with Crippen molar-refractivity contribution in [2.24, 2.45) is 5.73 Å². The zero-order valence-electron chi connectivity index (χ0n) is 10.2. The first kappa shape index (κ1) is 17.5. The Morgan fingerprint density at radius 3 is 2.32 bits per heavy atom. The topological polar surface area (TPSA) is 61.5 Å². The maximum absolute atomic E-state index is 12.5. The minimum atomic E-state index is -4.48. The Balaban J connectivity index is 0.00000324. The molecule has 1 rings (SSSR count). The molecule has 0 heterocycles. The first-order chi connectivity index (χ1) is 8.31. The maximum atomic E-state index is 12.5. The van der Waals surface area contributed by atoms with Gasteiger partial charge in [-0.25, -0.2) is 0 Å². The number of methoxy groups -OCH3 is 2. The zero-order chi connectivity index (χ0) is 13.9. The van der Waals surface area contributed by atoms with Crippen LogP contribution >= 0.6 is 12.4 Å². The van der Waals surface area contributed by atoms with Gasteiger partial charge in [0.05, 0.1) is 19.8 Å². The molecule has 0 aliphatic heterocycles. The number of hydrogen-bond donors (Lipinski definition) is 1. The second-order valence-corrected chi connectivity index (χ2v) is 3.46. The van der Waals surface area contributed by atoms with Crippen LogP contribution in [-0.2, 0) is 15.7 Å². The van der Waals surface area contributed by atoms with Crippen molar-refractivity contribution in [3.63, 3.8) is 0 Å². The van der Waals surface area contributed by atoms with Crippen LogP contribution in [0.15, 0.2) is 18.2 Å². The standard InChI is InChI=1S/C11H12F3NO3.ClH/c1-17-8-5-6(11(12,13)14)3-4-7(8)9(15)10(16)18-2;/h3-5,9H,15H2,1-2H3;1H/t9-;/m0./s1. The van der Waals surface area contributed by atoms with Gasteiger partial charge in [-0.2, -0.15) is 13.2 Å². The first-order valence-corrected chi connectivity index (χ1v) is 4.89. The van der Waals surface area contributed by atoms with Crippen LogP contribution in [0.5, 0.6) is 5.75 Å². The van der Waals surface area contributed by atoms with Gasteiger partial charge in [-0.15, -0.1) is 12.4 Å². The normalized spacial score (nSPS) is 12.3. The molecule has 0 aliphatic rings. The molecule has 0 spiro atoms. The van der Waals surface area contributed by atoms with E-state index in [9.17, 15) is 18.0 Å². The lowest BCUT2D eigenvalue weighted by atomic mass is 10.0. The summed E-state index contributed by atoms with van der Waals surface area (Å²) in [6.07, 6.45) is -4.48. The molecule has 2 N–H and O–H groups in total. The lowest BCUT2D eigenvalue weighted by Gasteiger charge is -2.16. The SMILES string of the molecule is COC(=O)[C@@H](N)c1ccc(C(F)(F)F)cc1OC.Cl. The van der Waals surface area contributed by atoms with E-state index < -0.39 is 23.8 Å². The summed E-state index contributed by atoms with van der Waals surface area (Å²) in [4.78, 5) is 11.2. The molecule has 19 heavy (non-hydrogen) atoms. The van der Waals surface area contributed by atoms with Crippen LogP contribution in [0, 0.1) is 0 Å². The predicted molar refractivity (Wildman–Crippen MR) is 64.2 cm³/mol. The van der Waals surface area contributed by atoms with E-state index in [1.165, 1.54) is 7.11 Å². The molecule has 0 saturated heterocycles. The summed E-state index contributed by atoms with van der Waals surface area (Å²) in [5.74, 6) is -0.865. The van der Waals surface area contributed by atoms with Gasteiger partial charge < -0.3 is 15.2 Å². The summed E-state index contributed by atoms with van der Waals surface area (Å²) in [5.41, 5.74) is 4.81. The number of halogens is 4. The van der Waals surface area contributed by atoms with E-state index in [0.29, 0.717) is 0 Å². The average Bonchev–Trinajstić information content (AvgIpc) is 2.35. The van der Waals surface area contributed by atoms with Crippen molar-refractivity contribution in [3.05, 3.63) is 29.3 Å². The van der Waals surface area contributed by atoms with E-state index in [1.54, 1.807) is 0 Å². The molecule has 1 aromatic rings. The monoisotopic (exact) mass is 299 g/mol. The minimum Gasteiger partial charge on any atom is -0.496 e. The van der Waals surface area contributed by atoms with Gasteiger partial charge in [-0.1, -0.05) is 6.07 Å². The third-order valence-corrected chi connectivity index (χ3v) is 2.35. The number of nitrogens with two attached hydrogens (primary N) is 1. The lowest BCUT2D eigenvalue weighted by molar-refractivity contribution is -0.142. The van der Waals surface area contributed by atoms with Crippen LogP contribution in [0.25, 0.3) is 0 Å². The molecule has 1 atom stereocenters. The molecule has 0 fully saturated rings. The molecular weight excluding hydrogens is 287 g/mol. The molecular formula is C11H13ClF3NO3. The summed E-state index contributed by atoms with van der Waals surface area (Å²) in [6, 6.07) is 1.54. The number of alkyl halides is 3. The third-order valence-electron chi connectivity index (χ3n) is 2.35. The average molecular weight is 300 g/mol. The van der Waals surface area contributed by atoms with Crippen LogP contribution in [0.3, 0.4) is 0 Å². The Hall–Kier alpha value is -1.47. The smallest absolute Gasteiger partial charge is 0.416 e. The number of esters is 1. The van der Waals surface area contributed by atoms with E-state index in [2.05, 4.69) is 4.74 Å². The van der Waals surface area contributed by atoms with E-state index in [0.717, 1.165) is 25.3 Å². The number of rotatable bonds is 3. The van der Waals surface area contributed by atoms with Gasteiger partial charge in [0.15, 0.2) is 0 Å². The number of hydrogen-bond acceptors (Lipinski definition) is 4. The molecule has 0 aromatic heterocycles. The Bertz CT molecular complexity index is 451. The van der Waals surface area contributed by atoms with Gasteiger partial charge in [-0.05, 0) is 12.1 Å². The Morgan fingerprint density at radius 2 is 1.89 bits per heavy atom. The molecule has 0 saturated carbocycles. The summed E-state index contributed by atoms with van der Waals surface area (Å²) >= 11 is 0. The second kappa shape index (κ2) is 6.63. The molecule has 0 aliphatic carbocycles. The highest BCUT2D eigenvalue weighted by Crippen LogP contribution is 2.34. The fraction of sp³-hybridized carbons (Fsp3) is 0.364. The van der Waals surface area contributed by atoms with Crippen molar-refractivity contribution in [1.29, 1.82) is 0 Å². The van der Waals surface area contributed by atoms with Crippen molar-refractivity contribution in [2.45, 2.75) is 12.2 Å². The number of carbonyl (C=O) groups is 1. The molecule has 1 aromatic carbocycles. The van der Waals surface area contributed by atoms with Crippen LogP contribution in [0.1, 0.15) is 17.2 Å². The molecule has 0 unspecified atom stereocenters. The maximum Gasteiger partial charge on any atom is 0.416 e. The van der Waals surface area contributed by atoms with Gasteiger partial charge in [0.25, 0.3) is 0 Å². The van der Waals surface area contributed by atoms with Gasteiger partial charge in [-0.3, -0.25) is 4.79 Å². The van der Waals surface area contributed by atoms with E-state index in [-0.39, 0.29) is 23.7 Å². The van der Waals surface area contributed by atoms with Gasteiger partial charge in [0.1, 0.15) is 11.8 Å². The summed E-state index contributed by atoms with van der Waals surface area (Å²) < 4.78 is 46.7. The summed E-state index contributed by atoms with van der Waals surface area (Å²) in [6.45, 7) is 0. The molecule has 0 amide bonds. The summed E-state index contributed by atoms with van der Waals surface area (Å²) in [7, 11) is 2.34. The van der Waals surface area contributed by atoms with Crippen LogP contribution < -0.4 is 10.5 Å². The third kappa shape index (κ3) is 4.00.